The highest BCUT2D eigenvalue weighted by molar-refractivity contribution is 5.94. The van der Waals surface area contributed by atoms with E-state index in [4.69, 9.17) is 14.2 Å². The summed E-state index contributed by atoms with van der Waals surface area (Å²) >= 11 is 0. The quantitative estimate of drug-likeness (QED) is 0.493. The largest absolute Gasteiger partial charge is 0.492 e. The van der Waals surface area contributed by atoms with Crippen molar-refractivity contribution in [1.29, 1.82) is 0 Å². The number of methoxy groups -OCH3 is 1. The van der Waals surface area contributed by atoms with Gasteiger partial charge in [-0.05, 0) is 44.1 Å². The fourth-order valence-electron chi connectivity index (χ4n) is 5.92. The molecule has 8 heteroatoms. The third kappa shape index (κ3) is 4.46. The van der Waals surface area contributed by atoms with E-state index in [0.717, 1.165) is 50.8 Å². The van der Waals surface area contributed by atoms with E-state index in [0.29, 0.717) is 11.7 Å². The van der Waals surface area contributed by atoms with Gasteiger partial charge in [-0.1, -0.05) is 20.3 Å². The van der Waals surface area contributed by atoms with Crippen molar-refractivity contribution in [2.24, 2.45) is 17.8 Å². The molecular weight excluding hydrogens is 426 g/mol. The van der Waals surface area contributed by atoms with Gasteiger partial charge in [-0.3, -0.25) is 4.90 Å². The molecule has 5 atom stereocenters. The highest BCUT2D eigenvalue weighted by Crippen LogP contribution is 2.49. The number of nitrogens with zero attached hydrogens (tertiary/aromatic N) is 1. The lowest BCUT2D eigenvalue weighted by atomic mass is 9.78. The van der Waals surface area contributed by atoms with Crippen LogP contribution in [-0.2, 0) is 19.0 Å². The van der Waals surface area contributed by atoms with E-state index in [9.17, 15) is 20.1 Å². The molecule has 2 saturated heterocycles. The number of carbonyl (C=O) groups excluding carboxylic acids is 1. The Hall–Kier alpha value is -1.87. The number of carbonyl (C=O) groups is 1. The van der Waals surface area contributed by atoms with Gasteiger partial charge in [-0.15, -0.1) is 0 Å². The molecule has 0 aromatic heterocycles. The van der Waals surface area contributed by atoms with Gasteiger partial charge in [0.25, 0.3) is 0 Å². The third-order valence-electron chi connectivity index (χ3n) is 7.51. The van der Waals surface area contributed by atoms with Gasteiger partial charge in [0.2, 0.25) is 5.76 Å². The zero-order valence-electron chi connectivity index (χ0n) is 19.8. The van der Waals surface area contributed by atoms with E-state index in [1.54, 1.807) is 0 Å². The highest BCUT2D eigenvalue weighted by Gasteiger charge is 2.51. The highest BCUT2D eigenvalue weighted by atomic mass is 16.6. The molecule has 4 aliphatic rings. The van der Waals surface area contributed by atoms with Crippen LogP contribution in [0.2, 0.25) is 0 Å². The number of esters is 1. The Morgan fingerprint density at radius 2 is 2.00 bits per heavy atom. The fourth-order valence-corrected chi connectivity index (χ4v) is 5.92. The van der Waals surface area contributed by atoms with Crippen molar-refractivity contribution in [3.8, 4) is 0 Å². The average molecular weight is 464 g/mol. The summed E-state index contributed by atoms with van der Waals surface area (Å²) in [7, 11) is 1.42. The van der Waals surface area contributed by atoms with Crippen LogP contribution in [0.15, 0.2) is 34.7 Å². The summed E-state index contributed by atoms with van der Waals surface area (Å²) < 4.78 is 17.1. The molecule has 4 aliphatic heterocycles. The van der Waals surface area contributed by atoms with Crippen LogP contribution in [0.25, 0.3) is 0 Å². The molecule has 0 bridgehead atoms. The van der Waals surface area contributed by atoms with E-state index in [1.165, 1.54) is 7.11 Å². The molecular formula is C25H37NO7. The van der Waals surface area contributed by atoms with Gasteiger partial charge in [0, 0.05) is 24.5 Å². The Morgan fingerprint density at radius 3 is 2.67 bits per heavy atom. The Morgan fingerprint density at radius 1 is 1.21 bits per heavy atom. The molecule has 0 aromatic rings. The lowest BCUT2D eigenvalue weighted by molar-refractivity contribution is -0.134. The van der Waals surface area contributed by atoms with Crippen LogP contribution >= 0.6 is 0 Å². The third-order valence-corrected chi connectivity index (χ3v) is 7.51. The normalized spacial score (nSPS) is 33.3. The fraction of sp³-hybridized carbons (Fsp3) is 0.720. The van der Waals surface area contributed by atoms with Gasteiger partial charge in [-0.25, -0.2) is 4.79 Å². The number of cyclic esters (lactones) is 1. The van der Waals surface area contributed by atoms with Crippen LogP contribution in [0, 0.1) is 17.8 Å². The van der Waals surface area contributed by atoms with E-state index in [2.05, 4.69) is 24.8 Å². The maximum absolute atomic E-state index is 12.2. The number of aliphatic hydroxyl groups is 3. The zero-order valence-corrected chi connectivity index (χ0v) is 19.8. The SMILES string of the molecule is COC1=C(CO)C(=O)O/C1=C1/OC2=CCCN3[C@@H](CCC[C@H]3[C@@H](O)CCC(C)C)[C@H]2[C@@H]1CO. The van der Waals surface area contributed by atoms with E-state index in [-0.39, 0.29) is 47.8 Å². The second kappa shape index (κ2) is 10.2. The first-order valence-corrected chi connectivity index (χ1v) is 12.2. The molecule has 0 spiro atoms. The summed E-state index contributed by atoms with van der Waals surface area (Å²) in [4.78, 5) is 14.7. The van der Waals surface area contributed by atoms with Gasteiger partial charge in [0.1, 0.15) is 11.3 Å². The first kappa shape index (κ1) is 24.3. The summed E-state index contributed by atoms with van der Waals surface area (Å²) in [5, 5.41) is 31.1. The van der Waals surface area contributed by atoms with Gasteiger partial charge < -0.3 is 29.5 Å². The van der Waals surface area contributed by atoms with E-state index >= 15 is 0 Å². The zero-order chi connectivity index (χ0) is 23.7. The molecule has 8 nitrogen and oxygen atoms in total. The van der Waals surface area contributed by atoms with Crippen LogP contribution in [-0.4, -0.2) is 71.2 Å². The molecule has 0 aliphatic carbocycles. The number of aliphatic hydroxyl groups excluding tert-OH is 3. The number of piperidine rings is 1. The van der Waals surface area contributed by atoms with E-state index < -0.39 is 18.5 Å². The van der Waals surface area contributed by atoms with Crippen molar-refractivity contribution in [2.45, 2.75) is 70.6 Å². The first-order valence-electron chi connectivity index (χ1n) is 12.2. The second-order valence-electron chi connectivity index (χ2n) is 9.91. The first-order chi connectivity index (χ1) is 15.9. The van der Waals surface area contributed by atoms with Crippen molar-refractivity contribution >= 4 is 5.97 Å². The average Bonchev–Trinajstić information content (AvgIpc) is 3.27. The topological polar surface area (TPSA) is 109 Å². The maximum atomic E-state index is 12.2. The van der Waals surface area contributed by atoms with Gasteiger partial charge >= 0.3 is 5.97 Å². The minimum absolute atomic E-state index is 0.0500. The molecule has 33 heavy (non-hydrogen) atoms. The standard InChI is InChI=1S/C25H37NO7/c1-14(2)9-10-19(29)17-6-4-7-18-21-15(12-27)23(32-20(21)8-5-11-26(17)18)24-22(31-3)16(13-28)25(30)33-24/h8,14-15,17-19,21,27-29H,4-7,9-13H2,1-3H3/b24-23+/t15-,17-,18-,19-,21+/m0/s1. The van der Waals surface area contributed by atoms with Gasteiger partial charge in [0.15, 0.2) is 11.5 Å². The monoisotopic (exact) mass is 463 g/mol. The molecule has 0 amide bonds. The number of fused-ring (bicyclic) bond motifs is 3. The summed E-state index contributed by atoms with van der Waals surface area (Å²) in [5.74, 6) is 0.858. The second-order valence-corrected chi connectivity index (χ2v) is 9.91. The van der Waals surface area contributed by atoms with Crippen molar-refractivity contribution in [3.05, 3.63) is 34.7 Å². The maximum Gasteiger partial charge on any atom is 0.345 e. The molecule has 0 unspecified atom stereocenters. The smallest absolute Gasteiger partial charge is 0.345 e. The predicted octanol–water partition coefficient (Wildman–Crippen LogP) is 2.21. The van der Waals surface area contributed by atoms with E-state index in [1.807, 2.05) is 0 Å². The molecule has 184 valence electrons. The number of ether oxygens (including phenoxy) is 3. The number of rotatable bonds is 7. The molecule has 2 fully saturated rings. The van der Waals surface area contributed by atoms with Gasteiger partial charge in [-0.2, -0.15) is 0 Å². The molecule has 3 N–H and O–H groups in total. The summed E-state index contributed by atoms with van der Waals surface area (Å²) in [6, 6.07) is 0.205. The predicted molar refractivity (Wildman–Crippen MR) is 120 cm³/mol. The molecule has 0 aromatic carbocycles. The molecule has 0 saturated carbocycles. The lowest BCUT2D eigenvalue weighted by Gasteiger charge is -2.46. The Balaban J connectivity index is 1.65. The summed E-state index contributed by atoms with van der Waals surface area (Å²) in [6.45, 7) is 4.52. The van der Waals surface area contributed by atoms with Crippen LogP contribution in [0.5, 0.6) is 0 Å². The lowest BCUT2D eigenvalue weighted by Crippen LogP contribution is -2.55. The van der Waals surface area contributed by atoms with Crippen molar-refractivity contribution in [2.75, 3.05) is 26.9 Å². The minimum atomic E-state index is -0.661. The van der Waals surface area contributed by atoms with Crippen LogP contribution < -0.4 is 0 Å². The van der Waals surface area contributed by atoms with Crippen LogP contribution in [0.4, 0.5) is 0 Å². The molecule has 4 heterocycles. The Labute approximate surface area is 195 Å². The van der Waals surface area contributed by atoms with Crippen LogP contribution in [0.1, 0.15) is 52.4 Å². The number of hydrogen-bond donors (Lipinski definition) is 3. The molecule has 4 rings (SSSR count). The van der Waals surface area contributed by atoms with Crippen LogP contribution in [0.3, 0.4) is 0 Å². The summed E-state index contributed by atoms with van der Waals surface area (Å²) in [6.07, 6.45) is 7.17. The molecule has 0 radical (unpaired) electrons. The summed E-state index contributed by atoms with van der Waals surface area (Å²) in [5.41, 5.74) is 0.0500. The Kier molecular flexibility index (Phi) is 7.48. The number of hydrogen-bond acceptors (Lipinski definition) is 8. The van der Waals surface area contributed by atoms with Crippen molar-refractivity contribution < 1.29 is 34.3 Å². The minimum Gasteiger partial charge on any atom is -0.492 e. The van der Waals surface area contributed by atoms with Crippen molar-refractivity contribution in [3.63, 3.8) is 0 Å². The van der Waals surface area contributed by atoms with Crippen molar-refractivity contribution in [1.82, 2.24) is 4.90 Å². The Bertz CT molecular complexity index is 846. The van der Waals surface area contributed by atoms with Gasteiger partial charge in [0.05, 0.1) is 32.3 Å².